The number of β-amino-alcohol motifs (C(OH)–C–C–N with tert-alkyl or cyclic N) is 1. The summed E-state index contributed by atoms with van der Waals surface area (Å²) in [6, 6.07) is 7.39. The maximum atomic E-state index is 11.3. The molecule has 3 N–H and O–H groups in total. The quantitative estimate of drug-likeness (QED) is 0.842. The molecule has 1 aromatic rings. The van der Waals surface area contributed by atoms with E-state index in [4.69, 9.17) is 5.73 Å². The molecule has 1 aromatic carbocycles. The Labute approximate surface area is 107 Å². The van der Waals surface area contributed by atoms with E-state index in [1.165, 1.54) is 0 Å². The standard InChI is InChI=1S/C14H20N2O2/c1-14(18)7-4-8-16(10-14)9-11-5-2-3-6-12(11)13(15)17/h2-3,5-6,18H,4,7-10H2,1H3,(H2,15,17). The Kier molecular flexibility index (Phi) is 3.68. The molecule has 1 fully saturated rings. The van der Waals surface area contributed by atoms with E-state index >= 15 is 0 Å². The first-order valence-electron chi connectivity index (χ1n) is 6.30. The van der Waals surface area contributed by atoms with Gasteiger partial charge in [-0.1, -0.05) is 18.2 Å². The number of carbonyl (C=O) groups excluding carboxylic acids is 1. The van der Waals surface area contributed by atoms with Gasteiger partial charge in [-0.3, -0.25) is 9.69 Å². The number of amides is 1. The van der Waals surface area contributed by atoms with Crippen LogP contribution in [0.1, 0.15) is 35.7 Å². The average molecular weight is 248 g/mol. The lowest BCUT2D eigenvalue weighted by Gasteiger charge is -2.37. The lowest BCUT2D eigenvalue weighted by Crippen LogP contribution is -2.45. The maximum absolute atomic E-state index is 11.3. The summed E-state index contributed by atoms with van der Waals surface area (Å²) in [5.74, 6) is -0.394. The zero-order chi connectivity index (χ0) is 13.2. The number of hydrogen-bond donors (Lipinski definition) is 2. The number of rotatable bonds is 3. The minimum Gasteiger partial charge on any atom is -0.389 e. The smallest absolute Gasteiger partial charge is 0.249 e. The first-order valence-corrected chi connectivity index (χ1v) is 6.30. The highest BCUT2D eigenvalue weighted by Gasteiger charge is 2.28. The molecule has 1 aliphatic heterocycles. The fourth-order valence-electron chi connectivity index (χ4n) is 2.60. The first-order chi connectivity index (χ1) is 8.48. The highest BCUT2D eigenvalue weighted by Crippen LogP contribution is 2.22. The lowest BCUT2D eigenvalue weighted by atomic mass is 9.94. The lowest BCUT2D eigenvalue weighted by molar-refractivity contribution is -0.0181. The molecule has 0 bridgehead atoms. The highest BCUT2D eigenvalue weighted by atomic mass is 16.3. The Morgan fingerprint density at radius 2 is 2.22 bits per heavy atom. The molecule has 1 unspecified atom stereocenters. The van der Waals surface area contributed by atoms with Gasteiger partial charge in [-0.2, -0.15) is 0 Å². The number of primary amides is 1. The van der Waals surface area contributed by atoms with Crippen molar-refractivity contribution >= 4 is 5.91 Å². The van der Waals surface area contributed by atoms with E-state index in [0.717, 1.165) is 24.9 Å². The third-order valence-electron chi connectivity index (χ3n) is 3.43. The Balaban J connectivity index is 2.12. The molecule has 1 saturated heterocycles. The summed E-state index contributed by atoms with van der Waals surface area (Å²) >= 11 is 0. The predicted molar refractivity (Wildman–Crippen MR) is 70.1 cm³/mol. The van der Waals surface area contributed by atoms with Gasteiger partial charge in [0.05, 0.1) is 5.60 Å². The molecule has 1 amide bonds. The Hall–Kier alpha value is -1.39. The van der Waals surface area contributed by atoms with Crippen LogP contribution < -0.4 is 5.73 Å². The highest BCUT2D eigenvalue weighted by molar-refractivity contribution is 5.94. The van der Waals surface area contributed by atoms with Gasteiger partial charge < -0.3 is 10.8 Å². The zero-order valence-corrected chi connectivity index (χ0v) is 10.7. The molecule has 98 valence electrons. The van der Waals surface area contributed by atoms with Gasteiger partial charge in [-0.05, 0) is 37.9 Å². The summed E-state index contributed by atoms with van der Waals surface area (Å²) in [6.07, 6.45) is 1.81. The van der Waals surface area contributed by atoms with Crippen LogP contribution in [0.2, 0.25) is 0 Å². The molecule has 4 nitrogen and oxygen atoms in total. The van der Waals surface area contributed by atoms with Crippen molar-refractivity contribution in [1.29, 1.82) is 0 Å². The third kappa shape index (κ3) is 3.09. The van der Waals surface area contributed by atoms with Crippen molar-refractivity contribution in [1.82, 2.24) is 4.90 Å². The largest absolute Gasteiger partial charge is 0.389 e. The first kappa shape index (κ1) is 13.1. The molecule has 0 radical (unpaired) electrons. The van der Waals surface area contributed by atoms with Crippen molar-refractivity contribution in [3.63, 3.8) is 0 Å². The topological polar surface area (TPSA) is 66.6 Å². The summed E-state index contributed by atoms with van der Waals surface area (Å²) < 4.78 is 0. The Bertz CT molecular complexity index is 443. The molecule has 18 heavy (non-hydrogen) atoms. The van der Waals surface area contributed by atoms with Gasteiger partial charge >= 0.3 is 0 Å². The molecule has 0 spiro atoms. The SMILES string of the molecule is CC1(O)CCCN(Cc2ccccc2C(N)=O)C1. The molecule has 0 aromatic heterocycles. The minimum atomic E-state index is -0.625. The zero-order valence-electron chi connectivity index (χ0n) is 10.7. The normalized spacial score (nSPS) is 25.0. The number of likely N-dealkylation sites (tertiary alicyclic amines) is 1. The van der Waals surface area contributed by atoms with Crippen LogP contribution in [0.15, 0.2) is 24.3 Å². The number of hydrogen-bond acceptors (Lipinski definition) is 3. The van der Waals surface area contributed by atoms with E-state index in [-0.39, 0.29) is 0 Å². The van der Waals surface area contributed by atoms with Gasteiger partial charge in [0, 0.05) is 18.7 Å². The van der Waals surface area contributed by atoms with E-state index in [1.807, 2.05) is 25.1 Å². The van der Waals surface area contributed by atoms with Crippen LogP contribution in [-0.2, 0) is 6.54 Å². The van der Waals surface area contributed by atoms with Gasteiger partial charge in [0.25, 0.3) is 0 Å². The van der Waals surface area contributed by atoms with Crippen molar-refractivity contribution in [2.75, 3.05) is 13.1 Å². The van der Waals surface area contributed by atoms with E-state index in [9.17, 15) is 9.90 Å². The fourth-order valence-corrected chi connectivity index (χ4v) is 2.60. The third-order valence-corrected chi connectivity index (χ3v) is 3.43. The molecule has 1 atom stereocenters. The molecule has 1 aliphatic rings. The second kappa shape index (κ2) is 5.08. The molecular formula is C14H20N2O2. The summed E-state index contributed by atoms with van der Waals surface area (Å²) in [4.78, 5) is 13.5. The fraction of sp³-hybridized carbons (Fsp3) is 0.500. The van der Waals surface area contributed by atoms with E-state index in [1.54, 1.807) is 6.07 Å². The Morgan fingerprint density at radius 1 is 1.50 bits per heavy atom. The summed E-state index contributed by atoms with van der Waals surface area (Å²) in [7, 11) is 0. The van der Waals surface area contributed by atoms with Gasteiger partial charge in [0.1, 0.15) is 0 Å². The maximum Gasteiger partial charge on any atom is 0.249 e. The molecule has 1 heterocycles. The van der Waals surface area contributed by atoms with E-state index in [0.29, 0.717) is 18.7 Å². The Morgan fingerprint density at radius 3 is 2.89 bits per heavy atom. The summed E-state index contributed by atoms with van der Waals surface area (Å²) in [5, 5.41) is 10.1. The monoisotopic (exact) mass is 248 g/mol. The van der Waals surface area contributed by atoms with Crippen LogP contribution in [-0.4, -0.2) is 34.6 Å². The van der Waals surface area contributed by atoms with Crippen LogP contribution in [0.3, 0.4) is 0 Å². The van der Waals surface area contributed by atoms with Crippen molar-refractivity contribution in [2.24, 2.45) is 5.73 Å². The van der Waals surface area contributed by atoms with Crippen molar-refractivity contribution in [3.8, 4) is 0 Å². The predicted octanol–water partition coefficient (Wildman–Crippen LogP) is 1.13. The van der Waals surface area contributed by atoms with Gasteiger partial charge in [-0.15, -0.1) is 0 Å². The number of benzene rings is 1. The van der Waals surface area contributed by atoms with Gasteiger partial charge in [-0.25, -0.2) is 0 Å². The summed E-state index contributed by atoms with van der Waals surface area (Å²) in [6.45, 7) is 4.11. The number of nitrogens with two attached hydrogens (primary N) is 1. The summed E-state index contributed by atoms with van der Waals surface area (Å²) in [5.41, 5.74) is 6.25. The average Bonchev–Trinajstić information content (AvgIpc) is 2.28. The molecule has 0 saturated carbocycles. The molecule has 2 rings (SSSR count). The van der Waals surface area contributed by atoms with Crippen LogP contribution in [0.5, 0.6) is 0 Å². The van der Waals surface area contributed by atoms with Crippen LogP contribution in [0.4, 0.5) is 0 Å². The number of piperidine rings is 1. The van der Waals surface area contributed by atoms with E-state index in [2.05, 4.69) is 4.90 Å². The van der Waals surface area contributed by atoms with Crippen molar-refractivity contribution < 1.29 is 9.90 Å². The second-order valence-electron chi connectivity index (χ2n) is 5.33. The van der Waals surface area contributed by atoms with E-state index < -0.39 is 11.5 Å². The van der Waals surface area contributed by atoms with Crippen molar-refractivity contribution in [3.05, 3.63) is 35.4 Å². The molecular weight excluding hydrogens is 228 g/mol. The van der Waals surface area contributed by atoms with Crippen molar-refractivity contribution in [2.45, 2.75) is 31.9 Å². The minimum absolute atomic E-state index is 0.394. The van der Waals surface area contributed by atoms with Crippen LogP contribution >= 0.6 is 0 Å². The second-order valence-corrected chi connectivity index (χ2v) is 5.33. The van der Waals surface area contributed by atoms with Gasteiger partial charge in [0.15, 0.2) is 0 Å². The van der Waals surface area contributed by atoms with Crippen LogP contribution in [0, 0.1) is 0 Å². The molecule has 4 heteroatoms. The number of nitrogens with zero attached hydrogens (tertiary/aromatic N) is 1. The van der Waals surface area contributed by atoms with Crippen LogP contribution in [0.25, 0.3) is 0 Å². The number of carbonyl (C=O) groups is 1. The molecule has 0 aliphatic carbocycles. The number of aliphatic hydroxyl groups is 1. The van der Waals surface area contributed by atoms with Gasteiger partial charge in [0.2, 0.25) is 5.91 Å².